The van der Waals surface area contributed by atoms with Gasteiger partial charge in [-0.15, -0.1) is 0 Å². The van der Waals surface area contributed by atoms with E-state index in [-0.39, 0.29) is 5.75 Å². The summed E-state index contributed by atoms with van der Waals surface area (Å²) in [5.74, 6) is -1.11. The Hall–Kier alpha value is -2.08. The molecule has 6 heteroatoms. The molecule has 0 aromatic heterocycles. The summed E-state index contributed by atoms with van der Waals surface area (Å²) in [5.41, 5.74) is 1.75. The summed E-state index contributed by atoms with van der Waals surface area (Å²) in [4.78, 5) is 22.4. The maximum atomic E-state index is 11.5. The minimum Gasteiger partial charge on any atom is -0.508 e. The van der Waals surface area contributed by atoms with Crippen molar-refractivity contribution in [1.82, 2.24) is 10.8 Å². The molecule has 0 heterocycles. The topological polar surface area (TPSA) is 98.7 Å². The van der Waals surface area contributed by atoms with Gasteiger partial charge >= 0.3 is 0 Å². The van der Waals surface area contributed by atoms with Gasteiger partial charge in [-0.3, -0.25) is 14.8 Å². The third-order valence-corrected chi connectivity index (χ3v) is 1.98. The van der Waals surface area contributed by atoms with E-state index in [4.69, 9.17) is 10.3 Å². The highest BCUT2D eigenvalue weighted by Gasteiger charge is 2.15. The van der Waals surface area contributed by atoms with E-state index in [1.165, 1.54) is 36.7 Å². The van der Waals surface area contributed by atoms with Gasteiger partial charge in [0.25, 0.3) is 11.8 Å². The van der Waals surface area contributed by atoms with Crippen molar-refractivity contribution in [3.05, 3.63) is 29.8 Å². The monoisotopic (exact) mass is 224 g/mol. The van der Waals surface area contributed by atoms with E-state index in [9.17, 15) is 9.59 Å². The summed E-state index contributed by atoms with van der Waals surface area (Å²) >= 11 is 0. The van der Waals surface area contributed by atoms with Gasteiger partial charge in [-0.1, -0.05) is 0 Å². The molecule has 2 amide bonds. The molecule has 86 valence electrons. The molecule has 1 aromatic carbocycles. The molecular formula is C10H12N2O4. The molecule has 1 aromatic rings. The lowest BCUT2D eigenvalue weighted by Gasteiger charge is -2.11. The molecule has 0 saturated carbocycles. The molecule has 0 aliphatic rings. The minimum atomic E-state index is -0.841. The van der Waals surface area contributed by atoms with Gasteiger partial charge in [0.2, 0.25) is 0 Å². The number of hydrogen-bond acceptors (Lipinski definition) is 4. The van der Waals surface area contributed by atoms with Gasteiger partial charge in [-0.2, -0.15) is 0 Å². The van der Waals surface area contributed by atoms with Gasteiger partial charge in [0.15, 0.2) is 0 Å². The van der Waals surface area contributed by atoms with E-state index in [0.29, 0.717) is 5.56 Å². The number of hydroxylamine groups is 1. The van der Waals surface area contributed by atoms with Crippen molar-refractivity contribution in [2.75, 3.05) is 0 Å². The van der Waals surface area contributed by atoms with Crippen LogP contribution in [0.1, 0.15) is 17.3 Å². The molecule has 0 unspecified atom stereocenters. The molecule has 0 radical (unpaired) electrons. The van der Waals surface area contributed by atoms with Gasteiger partial charge in [0.1, 0.15) is 11.8 Å². The van der Waals surface area contributed by atoms with Crippen LogP contribution in [0.2, 0.25) is 0 Å². The van der Waals surface area contributed by atoms with E-state index in [0.717, 1.165) is 0 Å². The number of benzene rings is 1. The first kappa shape index (κ1) is 12.0. The van der Waals surface area contributed by atoms with E-state index in [1.54, 1.807) is 0 Å². The van der Waals surface area contributed by atoms with Crippen molar-refractivity contribution in [2.24, 2.45) is 0 Å². The second kappa shape index (κ2) is 5.13. The molecule has 1 rings (SSSR count). The smallest absolute Gasteiger partial charge is 0.265 e. The molecule has 0 spiro atoms. The third kappa shape index (κ3) is 2.96. The highest BCUT2D eigenvalue weighted by atomic mass is 16.5. The van der Waals surface area contributed by atoms with Gasteiger partial charge in [0.05, 0.1) is 0 Å². The Morgan fingerprint density at radius 1 is 1.25 bits per heavy atom. The molecular weight excluding hydrogens is 212 g/mol. The lowest BCUT2D eigenvalue weighted by Crippen LogP contribution is -2.43. The van der Waals surface area contributed by atoms with E-state index in [1.807, 2.05) is 0 Å². The minimum absolute atomic E-state index is 0.0534. The van der Waals surface area contributed by atoms with Crippen molar-refractivity contribution in [3.8, 4) is 5.75 Å². The van der Waals surface area contributed by atoms with E-state index >= 15 is 0 Å². The number of carbonyl (C=O) groups is 2. The van der Waals surface area contributed by atoms with Crippen LogP contribution >= 0.6 is 0 Å². The number of aromatic hydroxyl groups is 1. The maximum Gasteiger partial charge on any atom is 0.265 e. The zero-order valence-corrected chi connectivity index (χ0v) is 8.60. The molecule has 0 saturated heterocycles. The molecule has 1 atom stereocenters. The fourth-order valence-corrected chi connectivity index (χ4v) is 1.06. The number of rotatable bonds is 3. The maximum absolute atomic E-state index is 11.5. The van der Waals surface area contributed by atoms with Crippen molar-refractivity contribution in [2.45, 2.75) is 13.0 Å². The van der Waals surface area contributed by atoms with Crippen LogP contribution in [0.3, 0.4) is 0 Å². The van der Waals surface area contributed by atoms with Crippen molar-refractivity contribution in [3.63, 3.8) is 0 Å². The number of phenols is 1. The predicted molar refractivity (Wildman–Crippen MR) is 55.0 cm³/mol. The van der Waals surface area contributed by atoms with Gasteiger partial charge in [-0.05, 0) is 31.2 Å². The zero-order chi connectivity index (χ0) is 12.1. The Labute approximate surface area is 91.9 Å². The van der Waals surface area contributed by atoms with Crippen molar-refractivity contribution in [1.29, 1.82) is 0 Å². The van der Waals surface area contributed by atoms with E-state index < -0.39 is 17.9 Å². The SMILES string of the molecule is C[C@H](NC(=O)c1ccc(O)cc1)C(=O)NO. The Morgan fingerprint density at radius 3 is 2.31 bits per heavy atom. The Morgan fingerprint density at radius 2 is 1.81 bits per heavy atom. The van der Waals surface area contributed by atoms with Crippen LogP contribution in [0, 0.1) is 0 Å². The second-order valence-electron chi connectivity index (χ2n) is 3.22. The van der Waals surface area contributed by atoms with Crippen LogP contribution < -0.4 is 10.8 Å². The van der Waals surface area contributed by atoms with Crippen molar-refractivity contribution < 1.29 is 19.9 Å². The highest BCUT2D eigenvalue weighted by Crippen LogP contribution is 2.09. The average Bonchev–Trinajstić information content (AvgIpc) is 2.28. The molecule has 4 N–H and O–H groups in total. The Kier molecular flexibility index (Phi) is 3.84. The molecule has 6 nitrogen and oxygen atoms in total. The van der Waals surface area contributed by atoms with Crippen LogP contribution in [0.25, 0.3) is 0 Å². The van der Waals surface area contributed by atoms with Crippen LogP contribution in [-0.2, 0) is 4.79 Å². The summed E-state index contributed by atoms with van der Waals surface area (Å²) in [7, 11) is 0. The summed E-state index contributed by atoms with van der Waals surface area (Å²) in [6, 6.07) is 4.74. The lowest BCUT2D eigenvalue weighted by molar-refractivity contribution is -0.130. The van der Waals surface area contributed by atoms with Gasteiger partial charge in [-0.25, -0.2) is 5.48 Å². The number of carbonyl (C=O) groups excluding carboxylic acids is 2. The van der Waals surface area contributed by atoms with Crippen LogP contribution in [-0.4, -0.2) is 28.2 Å². The quantitative estimate of drug-likeness (QED) is 0.429. The summed E-state index contributed by atoms with van der Waals surface area (Å²) in [6.07, 6.45) is 0. The Balaban J connectivity index is 2.65. The van der Waals surface area contributed by atoms with Crippen LogP contribution in [0.5, 0.6) is 5.75 Å². The third-order valence-electron chi connectivity index (χ3n) is 1.98. The number of hydrogen-bond donors (Lipinski definition) is 4. The predicted octanol–water partition coefficient (Wildman–Crippen LogP) is 0.0159. The highest BCUT2D eigenvalue weighted by molar-refractivity contribution is 5.97. The fourth-order valence-electron chi connectivity index (χ4n) is 1.06. The average molecular weight is 224 g/mol. The molecule has 16 heavy (non-hydrogen) atoms. The van der Waals surface area contributed by atoms with Crippen LogP contribution in [0.15, 0.2) is 24.3 Å². The number of amides is 2. The van der Waals surface area contributed by atoms with Gasteiger partial charge in [0, 0.05) is 5.56 Å². The lowest BCUT2D eigenvalue weighted by atomic mass is 10.2. The number of nitrogens with one attached hydrogen (secondary N) is 2. The molecule has 0 aliphatic heterocycles. The first-order valence-corrected chi connectivity index (χ1v) is 4.58. The largest absolute Gasteiger partial charge is 0.508 e. The summed E-state index contributed by atoms with van der Waals surface area (Å²) in [5, 5.41) is 19.7. The van der Waals surface area contributed by atoms with Crippen molar-refractivity contribution >= 4 is 11.8 Å². The molecule has 0 fully saturated rings. The normalized spacial score (nSPS) is 11.6. The second-order valence-corrected chi connectivity index (χ2v) is 3.22. The summed E-state index contributed by atoms with van der Waals surface area (Å²) in [6.45, 7) is 1.43. The standard InChI is InChI=1S/C10H12N2O4/c1-6(9(14)12-16)11-10(15)7-2-4-8(13)5-3-7/h2-6,13,16H,1H3,(H,11,15)(H,12,14)/t6-/m0/s1. The first-order valence-electron chi connectivity index (χ1n) is 4.58. The van der Waals surface area contributed by atoms with E-state index in [2.05, 4.69) is 5.32 Å². The van der Waals surface area contributed by atoms with Gasteiger partial charge < -0.3 is 10.4 Å². The Bertz CT molecular complexity index is 388. The number of phenolic OH excluding ortho intramolecular Hbond substituents is 1. The zero-order valence-electron chi connectivity index (χ0n) is 8.60. The first-order chi connectivity index (χ1) is 7.54. The summed E-state index contributed by atoms with van der Waals surface area (Å²) < 4.78 is 0. The molecule has 0 aliphatic carbocycles. The van der Waals surface area contributed by atoms with Crippen LogP contribution in [0.4, 0.5) is 0 Å². The molecule has 0 bridgehead atoms. The fraction of sp³-hybridized carbons (Fsp3) is 0.200.